The van der Waals surface area contributed by atoms with Crippen molar-refractivity contribution in [3.05, 3.63) is 0 Å². The summed E-state index contributed by atoms with van der Waals surface area (Å²) >= 11 is 0. The highest BCUT2D eigenvalue weighted by molar-refractivity contribution is 5.03. The molecule has 84 valence electrons. The average molecular weight is 200 g/mol. The topological polar surface area (TPSA) is 32.8 Å². The van der Waals surface area contributed by atoms with E-state index in [-0.39, 0.29) is 11.7 Å². The molecule has 1 heterocycles. The number of aliphatic hydroxyl groups is 1. The maximum Gasteiger partial charge on any atom is 0.118 e. The third-order valence-corrected chi connectivity index (χ3v) is 3.34. The van der Waals surface area contributed by atoms with Crippen LogP contribution in [0.3, 0.4) is 0 Å². The van der Waals surface area contributed by atoms with Gasteiger partial charge in [-0.05, 0) is 19.8 Å². The minimum Gasteiger partial charge on any atom is -0.390 e. The van der Waals surface area contributed by atoms with Crippen molar-refractivity contribution >= 4 is 0 Å². The lowest BCUT2D eigenvalue weighted by molar-refractivity contribution is 0.0751. The molecule has 0 saturated carbocycles. The molecule has 1 aliphatic rings. The third kappa shape index (κ3) is 2.71. The number of unbranched alkanes of at least 4 members (excludes halogenated alkanes) is 3. The summed E-state index contributed by atoms with van der Waals surface area (Å²) in [6, 6.07) is 0. The number of hydrogen-bond acceptors (Lipinski definition) is 2. The molecule has 0 amide bonds. The van der Waals surface area contributed by atoms with Crippen LogP contribution in [0.4, 0.5) is 0 Å². The fourth-order valence-electron chi connectivity index (χ4n) is 2.11. The molecule has 2 heteroatoms. The van der Waals surface area contributed by atoms with Crippen molar-refractivity contribution in [2.75, 3.05) is 0 Å². The van der Waals surface area contributed by atoms with Crippen LogP contribution >= 0.6 is 0 Å². The Morgan fingerprint density at radius 2 is 2.00 bits per heavy atom. The van der Waals surface area contributed by atoms with Gasteiger partial charge in [0, 0.05) is 0 Å². The lowest BCUT2D eigenvalue weighted by Crippen LogP contribution is -2.28. The number of aliphatic hydroxyl groups excluding tert-OH is 1. The predicted octanol–water partition coefficient (Wildman–Crippen LogP) is 2.89. The van der Waals surface area contributed by atoms with Gasteiger partial charge in [-0.2, -0.15) is 0 Å². The van der Waals surface area contributed by atoms with Gasteiger partial charge in [-0.15, -0.1) is 0 Å². The molecule has 1 N–H and O–H groups in total. The van der Waals surface area contributed by atoms with Gasteiger partial charge in [-0.25, -0.2) is 0 Å². The summed E-state index contributed by atoms with van der Waals surface area (Å²) in [7, 11) is 0. The Labute approximate surface area is 87.7 Å². The molecule has 0 aliphatic carbocycles. The van der Waals surface area contributed by atoms with Gasteiger partial charge in [0.25, 0.3) is 0 Å². The highest BCUT2D eigenvalue weighted by Gasteiger charge is 2.55. The van der Waals surface area contributed by atoms with Crippen molar-refractivity contribution in [3.63, 3.8) is 0 Å². The quantitative estimate of drug-likeness (QED) is 0.506. The Bertz CT molecular complexity index is 170. The van der Waals surface area contributed by atoms with Crippen LogP contribution < -0.4 is 0 Å². The standard InChI is InChI=1S/C12H24O2/c1-4-6-7-8-9-10(13)12(3)11(5-2)14-12/h10-11,13H,4-9H2,1-3H3/t10?,11-,12-/m0/s1. The van der Waals surface area contributed by atoms with Gasteiger partial charge in [-0.1, -0.05) is 39.5 Å². The van der Waals surface area contributed by atoms with Crippen molar-refractivity contribution < 1.29 is 9.84 Å². The van der Waals surface area contributed by atoms with E-state index in [0.29, 0.717) is 6.10 Å². The second-order valence-electron chi connectivity index (χ2n) is 4.56. The molecule has 0 aromatic rings. The van der Waals surface area contributed by atoms with E-state index in [1.54, 1.807) is 0 Å². The van der Waals surface area contributed by atoms with Gasteiger partial charge in [0.2, 0.25) is 0 Å². The van der Waals surface area contributed by atoms with Crippen molar-refractivity contribution in [2.45, 2.75) is 77.1 Å². The summed E-state index contributed by atoms with van der Waals surface area (Å²) < 4.78 is 5.52. The fraction of sp³-hybridized carbons (Fsp3) is 1.00. The normalized spacial score (nSPS) is 33.0. The van der Waals surface area contributed by atoms with Crippen LogP contribution in [-0.2, 0) is 4.74 Å². The van der Waals surface area contributed by atoms with Crippen LogP contribution in [0.5, 0.6) is 0 Å². The Hall–Kier alpha value is -0.0800. The van der Waals surface area contributed by atoms with E-state index in [0.717, 1.165) is 19.3 Å². The molecule has 0 aromatic heterocycles. The lowest BCUT2D eigenvalue weighted by Gasteiger charge is -2.15. The molecule has 0 aromatic carbocycles. The highest BCUT2D eigenvalue weighted by atomic mass is 16.6. The monoisotopic (exact) mass is 200 g/mol. The summed E-state index contributed by atoms with van der Waals surface area (Å²) in [5, 5.41) is 9.92. The van der Waals surface area contributed by atoms with Gasteiger partial charge in [-0.3, -0.25) is 0 Å². The van der Waals surface area contributed by atoms with Gasteiger partial charge in [0.05, 0.1) is 12.2 Å². The van der Waals surface area contributed by atoms with Crippen LogP contribution in [-0.4, -0.2) is 22.9 Å². The molecule has 1 fully saturated rings. The van der Waals surface area contributed by atoms with Crippen molar-refractivity contribution in [3.8, 4) is 0 Å². The SMILES string of the molecule is CCCCCCC(O)[C@]1(C)O[C@H]1CC. The molecular weight excluding hydrogens is 176 g/mol. The first-order chi connectivity index (χ1) is 6.65. The van der Waals surface area contributed by atoms with Crippen LogP contribution in [0.15, 0.2) is 0 Å². The minimum absolute atomic E-state index is 0.221. The van der Waals surface area contributed by atoms with Crippen LogP contribution in [0.25, 0.3) is 0 Å². The molecule has 1 rings (SSSR count). The molecule has 0 spiro atoms. The van der Waals surface area contributed by atoms with E-state index >= 15 is 0 Å². The highest BCUT2D eigenvalue weighted by Crippen LogP contribution is 2.42. The number of rotatable bonds is 7. The van der Waals surface area contributed by atoms with E-state index in [1.807, 2.05) is 6.92 Å². The van der Waals surface area contributed by atoms with Crippen LogP contribution in [0, 0.1) is 0 Å². The number of hydrogen-bond donors (Lipinski definition) is 1. The van der Waals surface area contributed by atoms with E-state index in [9.17, 15) is 5.11 Å². The Balaban J connectivity index is 2.13. The molecule has 0 bridgehead atoms. The van der Waals surface area contributed by atoms with Crippen molar-refractivity contribution in [1.82, 2.24) is 0 Å². The first kappa shape index (κ1) is 12.0. The maximum atomic E-state index is 9.92. The molecule has 1 saturated heterocycles. The summed E-state index contributed by atoms with van der Waals surface area (Å²) in [6.45, 7) is 6.35. The zero-order valence-electron chi connectivity index (χ0n) is 9.75. The van der Waals surface area contributed by atoms with Gasteiger partial charge in [0.15, 0.2) is 0 Å². The second-order valence-corrected chi connectivity index (χ2v) is 4.56. The summed E-state index contributed by atoms with van der Waals surface area (Å²) in [6.07, 6.45) is 6.84. The lowest BCUT2D eigenvalue weighted by atomic mass is 9.94. The predicted molar refractivity (Wildman–Crippen MR) is 58.3 cm³/mol. The maximum absolute atomic E-state index is 9.92. The molecule has 14 heavy (non-hydrogen) atoms. The first-order valence-corrected chi connectivity index (χ1v) is 6.01. The Kier molecular flexibility index (Phi) is 4.39. The third-order valence-electron chi connectivity index (χ3n) is 3.34. The van der Waals surface area contributed by atoms with Crippen LogP contribution in [0.1, 0.15) is 59.3 Å². The zero-order chi connectivity index (χ0) is 10.6. The second kappa shape index (κ2) is 5.13. The number of ether oxygens (including phenoxy) is 1. The van der Waals surface area contributed by atoms with Crippen molar-refractivity contribution in [2.24, 2.45) is 0 Å². The van der Waals surface area contributed by atoms with E-state index in [4.69, 9.17) is 4.74 Å². The van der Waals surface area contributed by atoms with E-state index in [1.165, 1.54) is 19.3 Å². The number of epoxide rings is 1. The van der Waals surface area contributed by atoms with Gasteiger partial charge in [0.1, 0.15) is 5.60 Å². The molecule has 3 atom stereocenters. The zero-order valence-corrected chi connectivity index (χ0v) is 9.75. The molecule has 1 aliphatic heterocycles. The summed E-state index contributed by atoms with van der Waals surface area (Å²) in [4.78, 5) is 0. The Morgan fingerprint density at radius 1 is 1.29 bits per heavy atom. The Morgan fingerprint density at radius 3 is 2.50 bits per heavy atom. The summed E-state index contributed by atoms with van der Waals surface area (Å²) in [5.74, 6) is 0. The van der Waals surface area contributed by atoms with E-state index in [2.05, 4.69) is 13.8 Å². The smallest absolute Gasteiger partial charge is 0.118 e. The molecular formula is C12H24O2. The first-order valence-electron chi connectivity index (χ1n) is 6.01. The van der Waals surface area contributed by atoms with Gasteiger partial charge < -0.3 is 9.84 Å². The molecule has 1 unspecified atom stereocenters. The van der Waals surface area contributed by atoms with E-state index < -0.39 is 0 Å². The molecule has 2 nitrogen and oxygen atoms in total. The fourth-order valence-corrected chi connectivity index (χ4v) is 2.11. The molecule has 0 radical (unpaired) electrons. The summed E-state index contributed by atoms with van der Waals surface area (Å²) in [5.41, 5.74) is -0.221. The van der Waals surface area contributed by atoms with Crippen molar-refractivity contribution in [1.29, 1.82) is 0 Å². The van der Waals surface area contributed by atoms with Crippen LogP contribution in [0.2, 0.25) is 0 Å². The van der Waals surface area contributed by atoms with Gasteiger partial charge >= 0.3 is 0 Å². The minimum atomic E-state index is -0.260. The average Bonchev–Trinajstić information content (AvgIpc) is 2.86. The largest absolute Gasteiger partial charge is 0.390 e.